The van der Waals surface area contributed by atoms with E-state index in [4.69, 9.17) is 0 Å². The molecule has 0 saturated carbocycles. The fourth-order valence-electron chi connectivity index (χ4n) is 2.66. The van der Waals surface area contributed by atoms with E-state index in [1.54, 1.807) is 12.3 Å². The Labute approximate surface area is 126 Å². The molecule has 0 aliphatic heterocycles. The van der Waals surface area contributed by atoms with Gasteiger partial charge in [0.2, 0.25) is 0 Å². The van der Waals surface area contributed by atoms with Gasteiger partial charge in [-0.3, -0.25) is 9.78 Å². The summed E-state index contributed by atoms with van der Waals surface area (Å²) in [5, 5.41) is 3.09. The van der Waals surface area contributed by atoms with Crippen molar-refractivity contribution in [2.24, 2.45) is 0 Å². The summed E-state index contributed by atoms with van der Waals surface area (Å²) >= 11 is 3.50. The van der Waals surface area contributed by atoms with Crippen molar-refractivity contribution < 1.29 is 4.79 Å². The zero-order chi connectivity index (χ0) is 13.9. The SMILES string of the molecule is O=C(NC1CCCc2cc(Br)ccc21)c1ccccn1. The van der Waals surface area contributed by atoms with Gasteiger partial charge in [-0.25, -0.2) is 0 Å². The molecule has 0 spiro atoms. The summed E-state index contributed by atoms with van der Waals surface area (Å²) < 4.78 is 1.09. The number of rotatable bonds is 2. The van der Waals surface area contributed by atoms with Gasteiger partial charge in [0.1, 0.15) is 5.69 Å². The van der Waals surface area contributed by atoms with Crippen molar-refractivity contribution in [3.8, 4) is 0 Å². The van der Waals surface area contributed by atoms with Crippen molar-refractivity contribution in [1.29, 1.82) is 0 Å². The van der Waals surface area contributed by atoms with Crippen molar-refractivity contribution in [2.75, 3.05) is 0 Å². The first kappa shape index (κ1) is 13.3. The third-order valence-electron chi connectivity index (χ3n) is 3.62. The number of nitrogens with one attached hydrogen (secondary N) is 1. The molecule has 20 heavy (non-hydrogen) atoms. The van der Waals surface area contributed by atoms with Crippen LogP contribution in [0.4, 0.5) is 0 Å². The van der Waals surface area contributed by atoms with Crippen LogP contribution in [0.3, 0.4) is 0 Å². The molecule has 1 aliphatic carbocycles. The first-order chi connectivity index (χ1) is 9.74. The molecule has 3 rings (SSSR count). The molecule has 1 heterocycles. The number of nitrogens with zero attached hydrogens (tertiary/aromatic N) is 1. The molecular weight excluding hydrogens is 316 g/mol. The van der Waals surface area contributed by atoms with E-state index in [1.807, 2.05) is 18.2 Å². The van der Waals surface area contributed by atoms with E-state index in [2.05, 4.69) is 38.4 Å². The Morgan fingerprint density at radius 2 is 2.20 bits per heavy atom. The predicted octanol–water partition coefficient (Wildman–Crippen LogP) is 3.65. The van der Waals surface area contributed by atoms with Gasteiger partial charge < -0.3 is 5.32 Å². The average Bonchev–Trinajstić information content (AvgIpc) is 2.48. The van der Waals surface area contributed by atoms with Gasteiger partial charge >= 0.3 is 0 Å². The monoisotopic (exact) mass is 330 g/mol. The molecule has 0 bridgehead atoms. The number of aryl methyl sites for hydroxylation is 1. The minimum atomic E-state index is -0.105. The Balaban J connectivity index is 1.81. The lowest BCUT2D eigenvalue weighted by Crippen LogP contribution is -2.31. The Morgan fingerprint density at radius 3 is 3.00 bits per heavy atom. The topological polar surface area (TPSA) is 42.0 Å². The first-order valence-corrected chi connectivity index (χ1v) is 7.53. The highest BCUT2D eigenvalue weighted by Gasteiger charge is 2.22. The summed E-state index contributed by atoms with van der Waals surface area (Å²) in [6, 6.07) is 11.7. The van der Waals surface area contributed by atoms with E-state index < -0.39 is 0 Å². The van der Waals surface area contributed by atoms with Crippen LogP contribution in [0, 0.1) is 0 Å². The molecule has 1 amide bonds. The van der Waals surface area contributed by atoms with Crippen LogP contribution in [0.15, 0.2) is 47.1 Å². The van der Waals surface area contributed by atoms with E-state index in [1.165, 1.54) is 11.1 Å². The van der Waals surface area contributed by atoms with Crippen molar-refractivity contribution in [2.45, 2.75) is 25.3 Å². The van der Waals surface area contributed by atoms with Gasteiger partial charge in [-0.05, 0) is 54.7 Å². The number of benzene rings is 1. The Hall–Kier alpha value is -1.68. The van der Waals surface area contributed by atoms with E-state index in [0.29, 0.717) is 5.69 Å². The van der Waals surface area contributed by atoms with Gasteiger partial charge in [-0.2, -0.15) is 0 Å². The van der Waals surface area contributed by atoms with Crippen LogP contribution in [0.5, 0.6) is 0 Å². The molecule has 1 unspecified atom stereocenters. The maximum absolute atomic E-state index is 12.2. The van der Waals surface area contributed by atoms with Crippen LogP contribution in [0.1, 0.15) is 40.5 Å². The standard InChI is InChI=1S/C16H15BrN2O/c17-12-7-8-13-11(10-12)4-3-6-14(13)19-16(20)15-5-1-2-9-18-15/h1-2,5,7-10,14H,3-4,6H2,(H,19,20). The quantitative estimate of drug-likeness (QED) is 0.913. The van der Waals surface area contributed by atoms with Gasteiger partial charge in [-0.1, -0.05) is 28.1 Å². The number of aromatic nitrogens is 1. The highest BCUT2D eigenvalue weighted by atomic mass is 79.9. The normalized spacial score (nSPS) is 17.4. The van der Waals surface area contributed by atoms with Gasteiger partial charge in [-0.15, -0.1) is 0 Å². The molecule has 1 aromatic carbocycles. The van der Waals surface area contributed by atoms with Crippen molar-refractivity contribution in [3.63, 3.8) is 0 Å². The molecule has 1 aromatic heterocycles. The summed E-state index contributed by atoms with van der Waals surface area (Å²) in [4.78, 5) is 16.3. The van der Waals surface area contributed by atoms with Crippen LogP contribution in [0.25, 0.3) is 0 Å². The van der Waals surface area contributed by atoms with E-state index >= 15 is 0 Å². The molecule has 4 heteroatoms. The second-order valence-corrected chi connectivity index (χ2v) is 5.89. The van der Waals surface area contributed by atoms with Crippen LogP contribution < -0.4 is 5.32 Å². The molecule has 1 atom stereocenters. The number of carbonyl (C=O) groups excluding carboxylic acids is 1. The number of hydrogen-bond donors (Lipinski definition) is 1. The minimum Gasteiger partial charge on any atom is -0.344 e. The molecule has 1 aliphatic rings. The van der Waals surface area contributed by atoms with E-state index in [-0.39, 0.29) is 11.9 Å². The van der Waals surface area contributed by atoms with Gasteiger partial charge in [0, 0.05) is 10.7 Å². The van der Waals surface area contributed by atoms with Crippen molar-refractivity contribution in [1.82, 2.24) is 10.3 Å². The lowest BCUT2D eigenvalue weighted by atomic mass is 9.87. The molecule has 1 N–H and O–H groups in total. The maximum Gasteiger partial charge on any atom is 0.270 e. The first-order valence-electron chi connectivity index (χ1n) is 6.74. The Kier molecular flexibility index (Phi) is 3.83. The third-order valence-corrected chi connectivity index (χ3v) is 4.12. The summed E-state index contributed by atoms with van der Waals surface area (Å²) in [5.74, 6) is -0.105. The second kappa shape index (κ2) is 5.75. The highest BCUT2D eigenvalue weighted by Crippen LogP contribution is 2.31. The Bertz CT molecular complexity index is 628. The zero-order valence-corrected chi connectivity index (χ0v) is 12.6. The van der Waals surface area contributed by atoms with Crippen molar-refractivity contribution in [3.05, 3.63) is 63.9 Å². The highest BCUT2D eigenvalue weighted by molar-refractivity contribution is 9.10. The fourth-order valence-corrected chi connectivity index (χ4v) is 3.07. The maximum atomic E-state index is 12.2. The lowest BCUT2D eigenvalue weighted by molar-refractivity contribution is 0.0927. The molecule has 0 fully saturated rings. The predicted molar refractivity (Wildman–Crippen MR) is 81.5 cm³/mol. The second-order valence-electron chi connectivity index (χ2n) is 4.98. The lowest BCUT2D eigenvalue weighted by Gasteiger charge is -2.26. The van der Waals surface area contributed by atoms with Crippen molar-refractivity contribution >= 4 is 21.8 Å². The third kappa shape index (κ3) is 2.75. The fraction of sp³-hybridized carbons (Fsp3) is 0.250. The van der Waals surface area contributed by atoms with Gasteiger partial charge in [0.25, 0.3) is 5.91 Å². The minimum absolute atomic E-state index is 0.0846. The zero-order valence-electron chi connectivity index (χ0n) is 11.0. The number of hydrogen-bond acceptors (Lipinski definition) is 2. The van der Waals surface area contributed by atoms with Crippen LogP contribution in [0.2, 0.25) is 0 Å². The van der Waals surface area contributed by atoms with Gasteiger partial charge in [0.05, 0.1) is 6.04 Å². The number of carbonyl (C=O) groups is 1. The number of pyridine rings is 1. The largest absolute Gasteiger partial charge is 0.344 e. The molecule has 3 nitrogen and oxygen atoms in total. The number of amides is 1. The van der Waals surface area contributed by atoms with E-state index in [0.717, 1.165) is 23.7 Å². The number of halogens is 1. The van der Waals surface area contributed by atoms with E-state index in [9.17, 15) is 4.79 Å². The molecule has 2 aromatic rings. The summed E-state index contributed by atoms with van der Waals surface area (Å²) in [7, 11) is 0. The number of fused-ring (bicyclic) bond motifs is 1. The summed E-state index contributed by atoms with van der Waals surface area (Å²) in [6.45, 7) is 0. The molecule has 102 valence electrons. The smallest absolute Gasteiger partial charge is 0.270 e. The summed E-state index contributed by atoms with van der Waals surface area (Å²) in [5.41, 5.74) is 3.01. The molecule has 0 radical (unpaired) electrons. The van der Waals surface area contributed by atoms with Crippen LogP contribution in [-0.2, 0) is 6.42 Å². The van der Waals surface area contributed by atoms with Crippen LogP contribution in [-0.4, -0.2) is 10.9 Å². The summed E-state index contributed by atoms with van der Waals surface area (Å²) in [6.07, 6.45) is 4.79. The Morgan fingerprint density at radius 1 is 1.30 bits per heavy atom. The molecular formula is C16H15BrN2O. The average molecular weight is 331 g/mol. The van der Waals surface area contributed by atoms with Gasteiger partial charge in [0.15, 0.2) is 0 Å². The van der Waals surface area contributed by atoms with Crippen LogP contribution >= 0.6 is 15.9 Å². The molecule has 0 saturated heterocycles.